The van der Waals surface area contributed by atoms with E-state index in [0.29, 0.717) is 6.10 Å². The summed E-state index contributed by atoms with van der Waals surface area (Å²) in [5.74, 6) is 2.62. The first-order valence-corrected chi connectivity index (χ1v) is 8.53. The van der Waals surface area contributed by atoms with E-state index in [2.05, 4.69) is 15.2 Å². The van der Waals surface area contributed by atoms with Crippen molar-refractivity contribution in [3.8, 4) is 11.5 Å². The minimum Gasteiger partial charge on any atom is -0.495 e. The summed E-state index contributed by atoms with van der Waals surface area (Å²) >= 11 is 0. The molecule has 2 heterocycles. The number of rotatable bonds is 4. The van der Waals surface area contributed by atoms with E-state index >= 15 is 0 Å². The number of nitrogens with zero attached hydrogens (tertiary/aromatic N) is 2. The van der Waals surface area contributed by atoms with Crippen LogP contribution in [0.5, 0.6) is 11.5 Å². The molecule has 22 heavy (non-hydrogen) atoms. The second-order valence-electron chi connectivity index (χ2n) is 6.17. The summed E-state index contributed by atoms with van der Waals surface area (Å²) in [5.41, 5.74) is 0. The van der Waals surface area contributed by atoms with Gasteiger partial charge in [-0.05, 0) is 38.6 Å². The Bertz CT molecular complexity index is 467. The predicted octanol–water partition coefficient (Wildman–Crippen LogP) is 2.60. The molecule has 122 valence electrons. The molecule has 1 saturated heterocycles. The molecule has 1 aromatic heterocycles. The molecule has 1 N–H and O–H groups in total. The summed E-state index contributed by atoms with van der Waals surface area (Å²) in [6.07, 6.45) is 9.43. The van der Waals surface area contributed by atoms with Crippen LogP contribution in [-0.4, -0.2) is 44.4 Å². The lowest BCUT2D eigenvalue weighted by atomic mass is 9.98. The summed E-state index contributed by atoms with van der Waals surface area (Å²) in [7, 11) is 1.68. The molecule has 0 radical (unpaired) electrons. The Balaban J connectivity index is 1.80. The van der Waals surface area contributed by atoms with Gasteiger partial charge in [0, 0.05) is 25.7 Å². The zero-order valence-electron chi connectivity index (χ0n) is 13.5. The normalized spacial score (nSPS) is 20.5. The van der Waals surface area contributed by atoms with Crippen molar-refractivity contribution < 1.29 is 9.47 Å². The van der Waals surface area contributed by atoms with Gasteiger partial charge in [-0.1, -0.05) is 6.42 Å². The maximum Gasteiger partial charge on any atom is 0.171 e. The SMILES string of the molecule is COc1cnc(N2CCCNCC2)c(OC2CCCCC2)c1. The van der Waals surface area contributed by atoms with Gasteiger partial charge in [-0.3, -0.25) is 0 Å². The minimum atomic E-state index is 0.325. The van der Waals surface area contributed by atoms with E-state index in [4.69, 9.17) is 9.47 Å². The molecule has 2 fully saturated rings. The molecular weight excluding hydrogens is 278 g/mol. The van der Waals surface area contributed by atoms with Gasteiger partial charge in [0.25, 0.3) is 0 Å². The van der Waals surface area contributed by atoms with Crippen molar-refractivity contribution in [1.82, 2.24) is 10.3 Å². The van der Waals surface area contributed by atoms with Gasteiger partial charge in [-0.2, -0.15) is 0 Å². The van der Waals surface area contributed by atoms with Gasteiger partial charge in [0.15, 0.2) is 11.6 Å². The number of hydrogen-bond donors (Lipinski definition) is 1. The highest BCUT2D eigenvalue weighted by atomic mass is 16.5. The molecule has 2 aliphatic rings. The van der Waals surface area contributed by atoms with Crippen molar-refractivity contribution >= 4 is 5.82 Å². The minimum absolute atomic E-state index is 0.325. The lowest BCUT2D eigenvalue weighted by molar-refractivity contribution is 0.154. The van der Waals surface area contributed by atoms with Gasteiger partial charge in [-0.15, -0.1) is 0 Å². The number of hydrogen-bond acceptors (Lipinski definition) is 5. The number of nitrogens with one attached hydrogen (secondary N) is 1. The third-order valence-electron chi connectivity index (χ3n) is 4.53. The van der Waals surface area contributed by atoms with Crippen molar-refractivity contribution in [1.29, 1.82) is 0 Å². The Labute approximate surface area is 133 Å². The molecule has 5 nitrogen and oxygen atoms in total. The van der Waals surface area contributed by atoms with Crippen LogP contribution in [0.3, 0.4) is 0 Å². The van der Waals surface area contributed by atoms with E-state index in [1.54, 1.807) is 13.3 Å². The van der Waals surface area contributed by atoms with Gasteiger partial charge in [0.05, 0.1) is 19.4 Å². The molecule has 0 atom stereocenters. The van der Waals surface area contributed by atoms with E-state index in [1.807, 2.05) is 6.07 Å². The van der Waals surface area contributed by atoms with Crippen molar-refractivity contribution in [3.63, 3.8) is 0 Å². The molecule has 1 aliphatic heterocycles. The number of aromatic nitrogens is 1. The summed E-state index contributed by atoms with van der Waals surface area (Å²) < 4.78 is 11.7. The van der Waals surface area contributed by atoms with Crippen LogP contribution in [0.15, 0.2) is 12.3 Å². The smallest absolute Gasteiger partial charge is 0.171 e. The topological polar surface area (TPSA) is 46.6 Å². The molecule has 3 rings (SSSR count). The molecule has 0 bridgehead atoms. The fraction of sp³-hybridized carbons (Fsp3) is 0.706. The molecule has 1 aromatic rings. The van der Waals surface area contributed by atoms with Crippen LogP contribution < -0.4 is 19.7 Å². The van der Waals surface area contributed by atoms with Gasteiger partial charge in [0.1, 0.15) is 5.75 Å². The molecule has 1 saturated carbocycles. The Morgan fingerprint density at radius 1 is 1.14 bits per heavy atom. The van der Waals surface area contributed by atoms with Crippen LogP contribution in [0.2, 0.25) is 0 Å². The van der Waals surface area contributed by atoms with E-state index in [9.17, 15) is 0 Å². The highest BCUT2D eigenvalue weighted by Crippen LogP contribution is 2.33. The highest BCUT2D eigenvalue weighted by molar-refractivity contribution is 5.55. The van der Waals surface area contributed by atoms with Crippen molar-refractivity contribution in [2.75, 3.05) is 38.2 Å². The number of anilines is 1. The Morgan fingerprint density at radius 3 is 2.82 bits per heavy atom. The summed E-state index contributed by atoms with van der Waals surface area (Å²) in [4.78, 5) is 6.96. The van der Waals surface area contributed by atoms with Gasteiger partial charge < -0.3 is 19.7 Å². The van der Waals surface area contributed by atoms with Crippen LogP contribution in [0, 0.1) is 0 Å². The monoisotopic (exact) mass is 305 g/mol. The summed E-state index contributed by atoms with van der Waals surface area (Å²) in [6, 6.07) is 2.00. The van der Waals surface area contributed by atoms with E-state index < -0.39 is 0 Å². The maximum absolute atomic E-state index is 6.32. The number of pyridine rings is 1. The van der Waals surface area contributed by atoms with Crippen molar-refractivity contribution in [3.05, 3.63) is 12.3 Å². The Hall–Kier alpha value is -1.49. The zero-order valence-corrected chi connectivity index (χ0v) is 13.5. The van der Waals surface area contributed by atoms with Gasteiger partial charge in [-0.25, -0.2) is 4.98 Å². The fourth-order valence-electron chi connectivity index (χ4n) is 3.28. The first-order valence-electron chi connectivity index (χ1n) is 8.53. The molecule has 0 spiro atoms. The fourth-order valence-corrected chi connectivity index (χ4v) is 3.28. The van der Waals surface area contributed by atoms with Crippen molar-refractivity contribution in [2.45, 2.75) is 44.6 Å². The first kappa shape index (κ1) is 15.4. The Morgan fingerprint density at radius 2 is 2.00 bits per heavy atom. The average Bonchev–Trinajstić information content (AvgIpc) is 2.85. The van der Waals surface area contributed by atoms with E-state index in [-0.39, 0.29) is 0 Å². The third kappa shape index (κ3) is 3.83. The second kappa shape index (κ2) is 7.68. The largest absolute Gasteiger partial charge is 0.495 e. The van der Waals surface area contributed by atoms with Crippen LogP contribution in [-0.2, 0) is 0 Å². The number of methoxy groups -OCH3 is 1. The second-order valence-corrected chi connectivity index (χ2v) is 6.17. The van der Waals surface area contributed by atoms with Crippen LogP contribution in [0.4, 0.5) is 5.82 Å². The van der Waals surface area contributed by atoms with Gasteiger partial charge in [0.2, 0.25) is 0 Å². The third-order valence-corrected chi connectivity index (χ3v) is 4.53. The van der Waals surface area contributed by atoms with E-state index in [0.717, 1.165) is 62.8 Å². The lowest BCUT2D eigenvalue weighted by Crippen LogP contribution is -2.30. The quantitative estimate of drug-likeness (QED) is 0.926. The first-order chi connectivity index (χ1) is 10.9. The summed E-state index contributed by atoms with van der Waals surface area (Å²) in [6.45, 7) is 4.07. The number of ether oxygens (including phenoxy) is 2. The Kier molecular flexibility index (Phi) is 5.38. The molecular formula is C17H27N3O2. The standard InChI is InChI=1S/C17H27N3O2/c1-21-15-12-16(22-14-6-3-2-4-7-14)17(19-13-15)20-10-5-8-18-9-11-20/h12-14,18H,2-11H2,1H3. The highest BCUT2D eigenvalue weighted by Gasteiger charge is 2.21. The molecule has 0 aromatic carbocycles. The molecule has 0 amide bonds. The van der Waals surface area contributed by atoms with Crippen LogP contribution in [0.1, 0.15) is 38.5 Å². The molecule has 1 aliphatic carbocycles. The van der Waals surface area contributed by atoms with Crippen LogP contribution >= 0.6 is 0 Å². The molecule has 0 unspecified atom stereocenters. The molecule has 5 heteroatoms. The predicted molar refractivity (Wildman–Crippen MR) is 88.0 cm³/mol. The average molecular weight is 305 g/mol. The lowest BCUT2D eigenvalue weighted by Gasteiger charge is -2.28. The van der Waals surface area contributed by atoms with E-state index in [1.165, 1.54) is 19.3 Å². The van der Waals surface area contributed by atoms with Gasteiger partial charge >= 0.3 is 0 Å². The maximum atomic E-state index is 6.32. The zero-order chi connectivity index (χ0) is 15.2. The van der Waals surface area contributed by atoms with Crippen molar-refractivity contribution in [2.24, 2.45) is 0 Å². The van der Waals surface area contributed by atoms with Crippen LogP contribution in [0.25, 0.3) is 0 Å². The summed E-state index contributed by atoms with van der Waals surface area (Å²) in [5, 5.41) is 3.44.